The number of thioether (sulfide) groups is 1. The van der Waals surface area contributed by atoms with Crippen molar-refractivity contribution in [2.75, 3.05) is 6.26 Å². The highest BCUT2D eigenvalue weighted by molar-refractivity contribution is 14.0. The minimum Gasteiger partial charge on any atom is -0.361 e. The molecule has 0 heterocycles. The molecule has 2 N–H and O–H groups in total. The summed E-state index contributed by atoms with van der Waals surface area (Å²) in [6.45, 7) is 6.12. The highest BCUT2D eigenvalue weighted by Gasteiger charge is 2.09. The summed E-state index contributed by atoms with van der Waals surface area (Å²) in [5, 5.41) is 10.8. The molecule has 4 heteroatoms. The second-order valence-corrected chi connectivity index (χ2v) is 3.72. The molecular formula is C6H15IN2S. The number of amidine groups is 1. The molecule has 0 aliphatic heterocycles. The van der Waals surface area contributed by atoms with Crippen molar-refractivity contribution in [1.82, 2.24) is 5.32 Å². The molecule has 10 heavy (non-hydrogen) atoms. The molecule has 0 aromatic heterocycles. The van der Waals surface area contributed by atoms with Gasteiger partial charge in [0.25, 0.3) is 0 Å². The molecule has 0 saturated heterocycles. The van der Waals surface area contributed by atoms with E-state index in [1.807, 2.05) is 27.0 Å². The predicted molar refractivity (Wildman–Crippen MR) is 59.5 cm³/mol. The molecule has 0 saturated carbocycles. The van der Waals surface area contributed by atoms with Crippen LogP contribution >= 0.6 is 35.7 Å². The minimum atomic E-state index is 0. The van der Waals surface area contributed by atoms with E-state index < -0.39 is 0 Å². The van der Waals surface area contributed by atoms with E-state index in [-0.39, 0.29) is 29.5 Å². The normalized spacial score (nSPS) is 10.0. The van der Waals surface area contributed by atoms with E-state index >= 15 is 0 Å². The lowest BCUT2D eigenvalue weighted by molar-refractivity contribution is 0.514. The van der Waals surface area contributed by atoms with E-state index in [1.165, 1.54) is 11.8 Å². The lowest BCUT2D eigenvalue weighted by Crippen LogP contribution is -2.38. The second-order valence-electron chi connectivity index (χ2n) is 2.91. The smallest absolute Gasteiger partial charge is 0.153 e. The zero-order valence-electron chi connectivity index (χ0n) is 6.82. The number of rotatable bonds is 0. The summed E-state index contributed by atoms with van der Waals surface area (Å²) in [6.07, 6.45) is 1.89. The second kappa shape index (κ2) is 5.23. The zero-order valence-corrected chi connectivity index (χ0v) is 9.96. The Bertz CT molecular complexity index is 109. The molecule has 0 radical (unpaired) electrons. The number of hydrogen-bond donors (Lipinski definition) is 2. The van der Waals surface area contributed by atoms with Crippen molar-refractivity contribution in [3.8, 4) is 0 Å². The molecule has 0 amide bonds. The number of hydrogen-bond acceptors (Lipinski definition) is 2. The van der Waals surface area contributed by atoms with Gasteiger partial charge < -0.3 is 5.32 Å². The fourth-order valence-corrected chi connectivity index (χ4v) is 0.800. The summed E-state index contributed by atoms with van der Waals surface area (Å²) in [5.74, 6) is 0. The van der Waals surface area contributed by atoms with Crippen LogP contribution < -0.4 is 5.32 Å². The summed E-state index contributed by atoms with van der Waals surface area (Å²) < 4.78 is 0. The van der Waals surface area contributed by atoms with Crippen LogP contribution in [0.5, 0.6) is 0 Å². The third kappa shape index (κ3) is 8.55. The average Bonchev–Trinajstić information content (AvgIpc) is 1.62. The van der Waals surface area contributed by atoms with Gasteiger partial charge in [0.1, 0.15) is 0 Å². The predicted octanol–water partition coefficient (Wildman–Crippen LogP) is 2.29. The largest absolute Gasteiger partial charge is 0.361 e. The van der Waals surface area contributed by atoms with Gasteiger partial charge in [-0.3, -0.25) is 5.41 Å². The fraction of sp³-hybridized carbons (Fsp3) is 0.833. The summed E-state index contributed by atoms with van der Waals surface area (Å²) in [5.41, 5.74) is 0.0279. The van der Waals surface area contributed by atoms with Gasteiger partial charge in [-0.2, -0.15) is 0 Å². The summed E-state index contributed by atoms with van der Waals surface area (Å²) in [4.78, 5) is 0. The molecule has 0 bridgehead atoms. The van der Waals surface area contributed by atoms with Gasteiger partial charge in [0.05, 0.1) is 0 Å². The lowest BCUT2D eigenvalue weighted by atomic mass is 10.1. The number of halogens is 1. The van der Waals surface area contributed by atoms with Gasteiger partial charge in [0.15, 0.2) is 5.17 Å². The van der Waals surface area contributed by atoms with Gasteiger partial charge in [-0.25, -0.2) is 0 Å². The maximum atomic E-state index is 7.24. The van der Waals surface area contributed by atoms with Crippen LogP contribution in [-0.4, -0.2) is 17.0 Å². The Morgan fingerprint density at radius 3 is 1.90 bits per heavy atom. The first kappa shape index (κ1) is 13.2. The van der Waals surface area contributed by atoms with Crippen molar-refractivity contribution in [3.05, 3.63) is 0 Å². The Kier molecular flexibility index (Phi) is 6.89. The van der Waals surface area contributed by atoms with Crippen LogP contribution in [-0.2, 0) is 0 Å². The van der Waals surface area contributed by atoms with Crippen molar-refractivity contribution < 1.29 is 0 Å². The topological polar surface area (TPSA) is 35.9 Å². The monoisotopic (exact) mass is 274 g/mol. The lowest BCUT2D eigenvalue weighted by Gasteiger charge is -2.20. The molecule has 62 valence electrons. The molecule has 0 aromatic rings. The van der Waals surface area contributed by atoms with Crippen LogP contribution in [0.4, 0.5) is 0 Å². The maximum absolute atomic E-state index is 7.24. The molecule has 2 nitrogen and oxygen atoms in total. The van der Waals surface area contributed by atoms with E-state index in [1.54, 1.807) is 0 Å². The Morgan fingerprint density at radius 1 is 1.40 bits per heavy atom. The van der Waals surface area contributed by atoms with Crippen LogP contribution in [0, 0.1) is 5.41 Å². The molecular weight excluding hydrogens is 259 g/mol. The first-order valence-electron chi connectivity index (χ1n) is 2.86. The highest BCUT2D eigenvalue weighted by atomic mass is 127. The van der Waals surface area contributed by atoms with Gasteiger partial charge in [0, 0.05) is 5.54 Å². The molecule has 0 atom stereocenters. The van der Waals surface area contributed by atoms with Crippen LogP contribution in [0.25, 0.3) is 0 Å². The molecule has 0 aliphatic rings. The Hall–Kier alpha value is 0.550. The van der Waals surface area contributed by atoms with Gasteiger partial charge in [0.2, 0.25) is 0 Å². The van der Waals surface area contributed by atoms with Crippen molar-refractivity contribution in [1.29, 1.82) is 5.41 Å². The Morgan fingerprint density at radius 2 is 1.80 bits per heavy atom. The van der Waals surface area contributed by atoms with E-state index in [2.05, 4.69) is 5.32 Å². The van der Waals surface area contributed by atoms with Gasteiger partial charge in [-0.05, 0) is 27.0 Å². The quantitative estimate of drug-likeness (QED) is 0.404. The number of nitrogens with one attached hydrogen (secondary N) is 2. The molecule has 0 spiro atoms. The van der Waals surface area contributed by atoms with Crippen molar-refractivity contribution in [2.24, 2.45) is 0 Å². The fourth-order valence-electron chi connectivity index (χ4n) is 0.392. The van der Waals surface area contributed by atoms with Crippen LogP contribution in [0.1, 0.15) is 20.8 Å². The van der Waals surface area contributed by atoms with Crippen molar-refractivity contribution >= 4 is 40.9 Å². The van der Waals surface area contributed by atoms with E-state index in [0.717, 1.165) is 0 Å². The Labute approximate surface area is 84.1 Å². The maximum Gasteiger partial charge on any atom is 0.153 e. The molecule has 0 aromatic carbocycles. The van der Waals surface area contributed by atoms with Crippen molar-refractivity contribution in [2.45, 2.75) is 26.3 Å². The summed E-state index contributed by atoms with van der Waals surface area (Å²) >= 11 is 1.42. The molecule has 0 unspecified atom stereocenters. The third-order valence-corrected chi connectivity index (χ3v) is 1.20. The van der Waals surface area contributed by atoms with E-state index in [9.17, 15) is 0 Å². The molecule has 0 fully saturated rings. The summed E-state index contributed by atoms with van der Waals surface area (Å²) in [6, 6.07) is 0. The van der Waals surface area contributed by atoms with Gasteiger partial charge >= 0.3 is 0 Å². The van der Waals surface area contributed by atoms with Crippen LogP contribution in [0.15, 0.2) is 0 Å². The highest BCUT2D eigenvalue weighted by Crippen LogP contribution is 2.02. The zero-order chi connectivity index (χ0) is 7.49. The molecule has 0 rings (SSSR count). The van der Waals surface area contributed by atoms with Crippen molar-refractivity contribution in [3.63, 3.8) is 0 Å². The molecule has 0 aliphatic carbocycles. The SMILES string of the molecule is CSC(=N)NC(C)(C)C.I. The Balaban J connectivity index is 0. The first-order chi connectivity index (χ1) is 3.95. The summed E-state index contributed by atoms with van der Waals surface area (Å²) in [7, 11) is 0. The third-order valence-electron chi connectivity index (χ3n) is 0.693. The van der Waals surface area contributed by atoms with Gasteiger partial charge in [-0.15, -0.1) is 24.0 Å². The standard InChI is InChI=1S/C6H14N2S.HI/c1-6(2,3)8-5(7)9-4;/h1-4H3,(H2,7,8);1H. The van der Waals surface area contributed by atoms with E-state index in [0.29, 0.717) is 5.17 Å². The average molecular weight is 274 g/mol. The van der Waals surface area contributed by atoms with E-state index in [4.69, 9.17) is 5.41 Å². The van der Waals surface area contributed by atoms with Gasteiger partial charge in [-0.1, -0.05) is 11.8 Å². The first-order valence-corrected chi connectivity index (χ1v) is 4.09. The van der Waals surface area contributed by atoms with Crippen LogP contribution in [0.2, 0.25) is 0 Å². The van der Waals surface area contributed by atoms with Crippen LogP contribution in [0.3, 0.4) is 0 Å². The minimum absolute atomic E-state index is 0.